The molecule has 1 unspecified atom stereocenters. The standard InChI is InChI=1S/C13H17FN2O3/c1-13(3-2-4-19-7-13)16-11-5-8(12(17)18)10(15)6-9(11)14/h5-6,16H,2-4,7,15H2,1H3,(H,17,18). The number of nitrogens with one attached hydrogen (secondary N) is 1. The van der Waals surface area contributed by atoms with Crippen LogP contribution in [0, 0.1) is 5.82 Å². The minimum atomic E-state index is -1.18. The maximum absolute atomic E-state index is 13.8. The predicted octanol–water partition coefficient (Wildman–Crippen LogP) is 2.09. The van der Waals surface area contributed by atoms with E-state index in [1.165, 1.54) is 6.07 Å². The van der Waals surface area contributed by atoms with Gasteiger partial charge < -0.3 is 20.9 Å². The van der Waals surface area contributed by atoms with Crippen LogP contribution in [0.2, 0.25) is 0 Å². The fraction of sp³-hybridized carbons (Fsp3) is 0.462. The van der Waals surface area contributed by atoms with Crippen LogP contribution in [-0.2, 0) is 4.74 Å². The summed E-state index contributed by atoms with van der Waals surface area (Å²) in [6.45, 7) is 3.07. The first-order valence-electron chi connectivity index (χ1n) is 6.09. The summed E-state index contributed by atoms with van der Waals surface area (Å²) in [5.74, 6) is -1.74. The highest BCUT2D eigenvalue weighted by molar-refractivity contribution is 5.94. The van der Waals surface area contributed by atoms with E-state index in [1.807, 2.05) is 6.92 Å². The number of aromatic carboxylic acids is 1. The molecule has 0 amide bonds. The minimum absolute atomic E-state index is 0.0828. The summed E-state index contributed by atoms with van der Waals surface area (Å²) in [5.41, 5.74) is 5.03. The molecular weight excluding hydrogens is 251 g/mol. The van der Waals surface area contributed by atoms with Crippen molar-refractivity contribution in [3.05, 3.63) is 23.5 Å². The normalized spacial score (nSPS) is 23.1. The zero-order valence-electron chi connectivity index (χ0n) is 10.7. The van der Waals surface area contributed by atoms with Crippen molar-refractivity contribution >= 4 is 17.3 Å². The Morgan fingerprint density at radius 3 is 2.89 bits per heavy atom. The van der Waals surface area contributed by atoms with Gasteiger partial charge in [0.2, 0.25) is 0 Å². The lowest BCUT2D eigenvalue weighted by Crippen LogP contribution is -2.43. The monoisotopic (exact) mass is 268 g/mol. The summed E-state index contributed by atoms with van der Waals surface area (Å²) in [6.07, 6.45) is 1.71. The maximum Gasteiger partial charge on any atom is 0.337 e. The number of nitrogen functional groups attached to an aromatic ring is 1. The van der Waals surface area contributed by atoms with Crippen molar-refractivity contribution in [3.8, 4) is 0 Å². The smallest absolute Gasteiger partial charge is 0.337 e. The molecule has 104 valence electrons. The molecule has 1 aliphatic rings. The van der Waals surface area contributed by atoms with Crippen LogP contribution in [0.4, 0.5) is 15.8 Å². The van der Waals surface area contributed by atoms with E-state index in [9.17, 15) is 9.18 Å². The number of hydrogen-bond donors (Lipinski definition) is 3. The Hall–Kier alpha value is -1.82. The Labute approximate surface area is 110 Å². The third kappa shape index (κ3) is 2.96. The van der Waals surface area contributed by atoms with E-state index in [0.29, 0.717) is 13.2 Å². The number of ether oxygens (including phenoxy) is 1. The summed E-state index contributed by atoms with van der Waals surface area (Å²) in [6, 6.07) is 2.26. The molecule has 0 saturated carbocycles. The molecule has 1 aromatic carbocycles. The van der Waals surface area contributed by atoms with E-state index in [2.05, 4.69) is 5.32 Å². The van der Waals surface area contributed by atoms with E-state index in [-0.39, 0.29) is 16.9 Å². The van der Waals surface area contributed by atoms with Gasteiger partial charge in [0, 0.05) is 12.3 Å². The van der Waals surface area contributed by atoms with Crippen molar-refractivity contribution < 1.29 is 19.0 Å². The molecular formula is C13H17FN2O3. The van der Waals surface area contributed by atoms with Crippen LogP contribution in [0.5, 0.6) is 0 Å². The second kappa shape index (κ2) is 5.05. The highest BCUT2D eigenvalue weighted by Gasteiger charge is 2.28. The number of carboxylic acid groups (broad SMARTS) is 1. The topological polar surface area (TPSA) is 84.6 Å². The van der Waals surface area contributed by atoms with E-state index >= 15 is 0 Å². The zero-order valence-corrected chi connectivity index (χ0v) is 10.7. The van der Waals surface area contributed by atoms with E-state index in [1.54, 1.807) is 0 Å². The molecule has 1 aromatic rings. The van der Waals surface area contributed by atoms with Crippen molar-refractivity contribution in [2.24, 2.45) is 0 Å². The summed E-state index contributed by atoms with van der Waals surface area (Å²) in [5, 5.41) is 12.0. The van der Waals surface area contributed by atoms with Crippen LogP contribution in [0.15, 0.2) is 12.1 Å². The molecule has 0 bridgehead atoms. The fourth-order valence-electron chi connectivity index (χ4n) is 2.23. The molecule has 0 aliphatic carbocycles. The second-order valence-electron chi connectivity index (χ2n) is 5.07. The first kappa shape index (κ1) is 13.6. The quantitative estimate of drug-likeness (QED) is 0.731. The third-order valence-corrected chi connectivity index (χ3v) is 3.24. The van der Waals surface area contributed by atoms with Gasteiger partial charge in [0.05, 0.1) is 23.4 Å². The van der Waals surface area contributed by atoms with Crippen LogP contribution in [0.1, 0.15) is 30.1 Å². The Morgan fingerprint density at radius 1 is 1.58 bits per heavy atom. The van der Waals surface area contributed by atoms with Gasteiger partial charge in [-0.1, -0.05) is 0 Å². The van der Waals surface area contributed by atoms with Gasteiger partial charge in [0.25, 0.3) is 0 Å². The van der Waals surface area contributed by atoms with Gasteiger partial charge in [-0.2, -0.15) is 0 Å². The Balaban J connectivity index is 2.29. The minimum Gasteiger partial charge on any atom is -0.478 e. The molecule has 1 heterocycles. The third-order valence-electron chi connectivity index (χ3n) is 3.24. The van der Waals surface area contributed by atoms with E-state index in [0.717, 1.165) is 18.9 Å². The zero-order chi connectivity index (χ0) is 14.0. The van der Waals surface area contributed by atoms with Crippen molar-refractivity contribution in [1.29, 1.82) is 0 Å². The first-order valence-corrected chi connectivity index (χ1v) is 6.09. The molecule has 1 atom stereocenters. The molecule has 1 aliphatic heterocycles. The number of anilines is 2. The molecule has 2 rings (SSSR count). The first-order chi connectivity index (χ1) is 8.91. The number of carboxylic acids is 1. The van der Waals surface area contributed by atoms with Gasteiger partial charge in [0.15, 0.2) is 0 Å². The summed E-state index contributed by atoms with van der Waals surface area (Å²) in [7, 11) is 0. The average molecular weight is 268 g/mol. The van der Waals surface area contributed by atoms with Gasteiger partial charge in [0.1, 0.15) is 5.82 Å². The van der Waals surface area contributed by atoms with Crippen LogP contribution in [0.3, 0.4) is 0 Å². The van der Waals surface area contributed by atoms with Gasteiger partial charge >= 0.3 is 5.97 Å². The molecule has 0 spiro atoms. The Bertz CT molecular complexity index is 499. The fourth-order valence-corrected chi connectivity index (χ4v) is 2.23. The number of hydrogen-bond acceptors (Lipinski definition) is 4. The van der Waals surface area contributed by atoms with Crippen LogP contribution >= 0.6 is 0 Å². The van der Waals surface area contributed by atoms with Crippen molar-refractivity contribution in [3.63, 3.8) is 0 Å². The van der Waals surface area contributed by atoms with Gasteiger partial charge in [-0.3, -0.25) is 0 Å². The van der Waals surface area contributed by atoms with Crippen LogP contribution in [0.25, 0.3) is 0 Å². The summed E-state index contributed by atoms with van der Waals surface area (Å²) >= 11 is 0. The molecule has 0 aromatic heterocycles. The summed E-state index contributed by atoms with van der Waals surface area (Å²) in [4.78, 5) is 11.0. The van der Waals surface area contributed by atoms with Crippen LogP contribution in [-0.4, -0.2) is 29.8 Å². The highest BCUT2D eigenvalue weighted by Crippen LogP contribution is 2.28. The highest BCUT2D eigenvalue weighted by atomic mass is 19.1. The molecule has 4 N–H and O–H groups in total. The lowest BCUT2D eigenvalue weighted by molar-refractivity contribution is 0.0539. The summed E-state index contributed by atoms with van der Waals surface area (Å²) < 4.78 is 19.2. The van der Waals surface area contributed by atoms with E-state index < -0.39 is 17.3 Å². The van der Waals surface area contributed by atoms with Gasteiger partial charge in [-0.15, -0.1) is 0 Å². The molecule has 0 radical (unpaired) electrons. The Kier molecular flexibility index (Phi) is 3.61. The lowest BCUT2D eigenvalue weighted by atomic mass is 9.94. The van der Waals surface area contributed by atoms with E-state index in [4.69, 9.17) is 15.6 Å². The van der Waals surface area contributed by atoms with Crippen molar-refractivity contribution in [2.45, 2.75) is 25.3 Å². The maximum atomic E-state index is 13.8. The number of nitrogens with two attached hydrogens (primary N) is 1. The number of rotatable bonds is 3. The average Bonchev–Trinajstić information content (AvgIpc) is 2.33. The molecule has 1 fully saturated rings. The molecule has 5 nitrogen and oxygen atoms in total. The molecule has 19 heavy (non-hydrogen) atoms. The number of benzene rings is 1. The predicted molar refractivity (Wildman–Crippen MR) is 69.9 cm³/mol. The second-order valence-corrected chi connectivity index (χ2v) is 5.07. The number of halogens is 1. The van der Waals surface area contributed by atoms with Crippen LogP contribution < -0.4 is 11.1 Å². The molecule has 6 heteroatoms. The van der Waals surface area contributed by atoms with Crippen molar-refractivity contribution in [2.75, 3.05) is 24.3 Å². The van der Waals surface area contributed by atoms with Gasteiger partial charge in [-0.05, 0) is 31.9 Å². The largest absolute Gasteiger partial charge is 0.478 e. The lowest BCUT2D eigenvalue weighted by Gasteiger charge is -2.35. The Morgan fingerprint density at radius 2 is 2.32 bits per heavy atom. The van der Waals surface area contributed by atoms with Gasteiger partial charge in [-0.25, -0.2) is 9.18 Å². The molecule has 1 saturated heterocycles. The number of carbonyl (C=O) groups is 1. The van der Waals surface area contributed by atoms with Crippen molar-refractivity contribution in [1.82, 2.24) is 0 Å². The SMILES string of the molecule is CC1(Nc2cc(C(=O)O)c(N)cc2F)CCCOC1.